The van der Waals surface area contributed by atoms with Gasteiger partial charge >= 0.3 is 0 Å². The molecule has 0 fully saturated rings. The predicted octanol–water partition coefficient (Wildman–Crippen LogP) is 2.06. The van der Waals surface area contributed by atoms with Gasteiger partial charge in [0.1, 0.15) is 0 Å². The third-order valence-corrected chi connectivity index (χ3v) is 3.24. The lowest BCUT2D eigenvalue weighted by Crippen LogP contribution is -2.25. The molecule has 1 amide bonds. The molecule has 0 spiro atoms. The first-order valence-corrected chi connectivity index (χ1v) is 6.72. The van der Waals surface area contributed by atoms with E-state index in [-0.39, 0.29) is 5.91 Å². The molecular weight excluding hydrogens is 250 g/mol. The summed E-state index contributed by atoms with van der Waals surface area (Å²) in [6.45, 7) is 0.651. The molecule has 2 aromatic rings. The van der Waals surface area contributed by atoms with E-state index in [2.05, 4.69) is 17.6 Å². The van der Waals surface area contributed by atoms with Crippen LogP contribution in [0.3, 0.4) is 0 Å². The number of nitrogens with zero attached hydrogens (tertiary/aromatic N) is 2. The van der Waals surface area contributed by atoms with Crippen LogP contribution in [0.5, 0.6) is 0 Å². The first-order valence-electron chi connectivity index (χ1n) is 6.72. The van der Waals surface area contributed by atoms with E-state index in [4.69, 9.17) is 0 Å². The Labute approximate surface area is 120 Å². The van der Waals surface area contributed by atoms with Crippen LogP contribution < -0.4 is 10.2 Å². The molecule has 106 valence electrons. The molecule has 0 unspecified atom stereocenters. The smallest absolute Gasteiger partial charge is 0.251 e. The maximum absolute atomic E-state index is 12.0. The minimum Gasteiger partial charge on any atom is -0.378 e. The zero-order valence-electron chi connectivity index (χ0n) is 12.3. The summed E-state index contributed by atoms with van der Waals surface area (Å²) in [5.74, 6) is -0.0220. The molecule has 0 aliphatic heterocycles. The Balaban J connectivity index is 1.85. The van der Waals surface area contributed by atoms with Crippen LogP contribution in [0.4, 0.5) is 5.69 Å². The highest BCUT2D eigenvalue weighted by Crippen LogP contribution is 2.12. The Kier molecular flexibility index (Phi) is 4.45. The van der Waals surface area contributed by atoms with Gasteiger partial charge in [-0.3, -0.25) is 4.79 Å². The van der Waals surface area contributed by atoms with Gasteiger partial charge in [0.15, 0.2) is 0 Å². The highest BCUT2D eigenvalue weighted by atomic mass is 16.1. The average Bonchev–Trinajstić information content (AvgIpc) is 2.84. The first kappa shape index (κ1) is 14.2. The maximum Gasteiger partial charge on any atom is 0.251 e. The summed E-state index contributed by atoms with van der Waals surface area (Å²) in [6.07, 6.45) is 4.93. The molecule has 0 radical (unpaired) electrons. The largest absolute Gasteiger partial charge is 0.378 e. The van der Waals surface area contributed by atoms with Gasteiger partial charge in [-0.05, 0) is 42.3 Å². The second-order valence-electron chi connectivity index (χ2n) is 5.13. The summed E-state index contributed by atoms with van der Waals surface area (Å²) >= 11 is 0. The number of hydrogen-bond donors (Lipinski definition) is 1. The zero-order chi connectivity index (χ0) is 14.5. The molecule has 4 nitrogen and oxygen atoms in total. The molecule has 0 atom stereocenters. The number of aryl methyl sites for hydroxylation is 1. The first-order chi connectivity index (χ1) is 9.56. The molecule has 0 saturated carbocycles. The van der Waals surface area contributed by atoms with Gasteiger partial charge in [0.25, 0.3) is 5.91 Å². The molecule has 0 bridgehead atoms. The van der Waals surface area contributed by atoms with Crippen LogP contribution in [0.15, 0.2) is 42.7 Å². The van der Waals surface area contributed by atoms with Crippen molar-refractivity contribution >= 4 is 11.6 Å². The molecule has 2 rings (SSSR count). The Morgan fingerprint density at radius 1 is 1.20 bits per heavy atom. The Morgan fingerprint density at radius 2 is 1.90 bits per heavy atom. The fourth-order valence-corrected chi connectivity index (χ4v) is 2.04. The van der Waals surface area contributed by atoms with Crippen molar-refractivity contribution in [2.45, 2.75) is 6.42 Å². The van der Waals surface area contributed by atoms with Gasteiger partial charge in [0, 0.05) is 51.3 Å². The van der Waals surface area contributed by atoms with Gasteiger partial charge < -0.3 is 14.8 Å². The van der Waals surface area contributed by atoms with Crippen molar-refractivity contribution in [3.8, 4) is 0 Å². The molecule has 4 heteroatoms. The number of carbonyl (C=O) groups is 1. The van der Waals surface area contributed by atoms with Crippen LogP contribution in [-0.4, -0.2) is 31.1 Å². The van der Waals surface area contributed by atoms with Crippen LogP contribution in [0.1, 0.15) is 15.9 Å². The monoisotopic (exact) mass is 271 g/mol. The van der Waals surface area contributed by atoms with E-state index in [1.54, 1.807) is 0 Å². The van der Waals surface area contributed by atoms with Crippen molar-refractivity contribution in [1.29, 1.82) is 0 Å². The van der Waals surface area contributed by atoms with Crippen molar-refractivity contribution in [3.05, 3.63) is 53.9 Å². The lowest BCUT2D eigenvalue weighted by molar-refractivity contribution is 0.0954. The van der Waals surface area contributed by atoms with Gasteiger partial charge in [-0.25, -0.2) is 0 Å². The molecule has 1 heterocycles. The van der Waals surface area contributed by atoms with E-state index in [0.29, 0.717) is 12.1 Å². The quantitative estimate of drug-likeness (QED) is 0.904. The van der Waals surface area contributed by atoms with E-state index < -0.39 is 0 Å². The van der Waals surface area contributed by atoms with Crippen LogP contribution in [0, 0.1) is 0 Å². The Morgan fingerprint density at radius 3 is 2.45 bits per heavy atom. The Bertz CT molecular complexity index is 570. The van der Waals surface area contributed by atoms with Crippen molar-refractivity contribution in [2.24, 2.45) is 7.05 Å². The number of amides is 1. The van der Waals surface area contributed by atoms with Crippen LogP contribution >= 0.6 is 0 Å². The number of aromatic nitrogens is 1. The van der Waals surface area contributed by atoms with Gasteiger partial charge in [-0.2, -0.15) is 0 Å². The number of benzene rings is 1. The van der Waals surface area contributed by atoms with Gasteiger partial charge in [-0.1, -0.05) is 0 Å². The molecular formula is C16H21N3O. The summed E-state index contributed by atoms with van der Waals surface area (Å²) in [6, 6.07) is 9.68. The van der Waals surface area contributed by atoms with Gasteiger partial charge in [0.2, 0.25) is 0 Å². The van der Waals surface area contributed by atoms with Gasteiger partial charge in [0.05, 0.1) is 0 Å². The number of hydrogen-bond acceptors (Lipinski definition) is 2. The molecule has 0 aliphatic rings. The summed E-state index contributed by atoms with van der Waals surface area (Å²) in [5, 5.41) is 2.94. The SMILES string of the molecule is CN(C)c1ccc(C(=O)NCCc2ccn(C)c2)cc1. The van der Waals surface area contributed by atoms with E-state index in [1.165, 1.54) is 5.56 Å². The zero-order valence-corrected chi connectivity index (χ0v) is 12.3. The number of anilines is 1. The highest BCUT2D eigenvalue weighted by Gasteiger charge is 2.05. The normalized spacial score (nSPS) is 10.3. The summed E-state index contributed by atoms with van der Waals surface area (Å²) in [5.41, 5.74) is 3.02. The minimum absolute atomic E-state index is 0.0220. The summed E-state index contributed by atoms with van der Waals surface area (Å²) in [4.78, 5) is 14.0. The minimum atomic E-state index is -0.0220. The third kappa shape index (κ3) is 3.63. The van der Waals surface area contributed by atoms with Crippen LogP contribution in [0.2, 0.25) is 0 Å². The Hall–Kier alpha value is -2.23. The topological polar surface area (TPSA) is 37.3 Å². The van der Waals surface area contributed by atoms with E-state index in [0.717, 1.165) is 12.1 Å². The van der Waals surface area contributed by atoms with Gasteiger partial charge in [-0.15, -0.1) is 0 Å². The maximum atomic E-state index is 12.0. The van der Waals surface area contributed by atoms with Crippen molar-refractivity contribution in [3.63, 3.8) is 0 Å². The van der Waals surface area contributed by atoms with E-state index in [9.17, 15) is 4.79 Å². The lowest BCUT2D eigenvalue weighted by atomic mass is 10.2. The van der Waals surface area contributed by atoms with E-state index >= 15 is 0 Å². The summed E-state index contributed by atoms with van der Waals surface area (Å²) < 4.78 is 2.01. The second kappa shape index (κ2) is 6.28. The fraction of sp³-hybridized carbons (Fsp3) is 0.312. The molecule has 0 aliphatic carbocycles. The van der Waals surface area contributed by atoms with Crippen molar-refractivity contribution in [1.82, 2.24) is 9.88 Å². The molecule has 1 aromatic heterocycles. The molecule has 0 saturated heterocycles. The molecule has 20 heavy (non-hydrogen) atoms. The lowest BCUT2D eigenvalue weighted by Gasteiger charge is -2.12. The average molecular weight is 271 g/mol. The predicted molar refractivity (Wildman–Crippen MR) is 82.2 cm³/mol. The number of rotatable bonds is 5. The second-order valence-corrected chi connectivity index (χ2v) is 5.13. The van der Waals surface area contributed by atoms with Crippen LogP contribution in [0.25, 0.3) is 0 Å². The van der Waals surface area contributed by atoms with Crippen LogP contribution in [-0.2, 0) is 13.5 Å². The summed E-state index contributed by atoms with van der Waals surface area (Å²) in [7, 11) is 5.96. The van der Waals surface area contributed by atoms with Crippen molar-refractivity contribution in [2.75, 3.05) is 25.5 Å². The third-order valence-electron chi connectivity index (χ3n) is 3.24. The number of nitrogens with one attached hydrogen (secondary N) is 1. The molecule has 1 N–H and O–H groups in total. The highest BCUT2D eigenvalue weighted by molar-refractivity contribution is 5.94. The standard InChI is InChI=1S/C16H21N3O/c1-18(2)15-6-4-14(5-7-15)16(20)17-10-8-13-9-11-19(3)12-13/h4-7,9,11-12H,8,10H2,1-3H3,(H,17,20). The molecule has 1 aromatic carbocycles. The van der Waals surface area contributed by atoms with Crippen molar-refractivity contribution < 1.29 is 4.79 Å². The number of carbonyl (C=O) groups excluding carboxylic acids is 1. The fourth-order valence-electron chi connectivity index (χ4n) is 2.04. The van der Waals surface area contributed by atoms with E-state index in [1.807, 2.05) is 61.1 Å².